The molecule has 0 radical (unpaired) electrons. The molecule has 0 unspecified atom stereocenters. The van der Waals surface area contributed by atoms with Crippen molar-refractivity contribution in [3.63, 3.8) is 0 Å². The van der Waals surface area contributed by atoms with E-state index >= 15 is 0 Å². The first-order chi connectivity index (χ1) is 24.8. The summed E-state index contributed by atoms with van der Waals surface area (Å²) in [7, 11) is -4.20. The maximum Gasteiger partial charge on any atom is 0.340 e. The Balaban J connectivity index is 1.59. The van der Waals surface area contributed by atoms with Gasteiger partial charge in [0.25, 0.3) is 16.0 Å². The van der Waals surface area contributed by atoms with Crippen molar-refractivity contribution in [1.82, 2.24) is 13.9 Å². The van der Waals surface area contributed by atoms with Gasteiger partial charge in [-0.05, 0) is 80.2 Å². The van der Waals surface area contributed by atoms with Crippen molar-refractivity contribution in [2.75, 3.05) is 38.0 Å². The highest BCUT2D eigenvalue weighted by atomic mass is 32.2. The summed E-state index contributed by atoms with van der Waals surface area (Å²) in [5.74, 6) is -0.0994. The summed E-state index contributed by atoms with van der Waals surface area (Å²) in [5.41, 5.74) is 5.33. The first-order valence-electron chi connectivity index (χ1n) is 17.3. The van der Waals surface area contributed by atoms with Crippen molar-refractivity contribution < 1.29 is 32.2 Å². The van der Waals surface area contributed by atoms with Crippen LogP contribution in [0, 0.1) is 13.8 Å². The number of para-hydroxylation sites is 1. The number of imidazole rings is 1. The van der Waals surface area contributed by atoms with Gasteiger partial charge >= 0.3 is 5.97 Å². The second-order valence-electron chi connectivity index (χ2n) is 13.6. The van der Waals surface area contributed by atoms with Crippen LogP contribution in [0.1, 0.15) is 45.8 Å². The van der Waals surface area contributed by atoms with E-state index in [2.05, 4.69) is 29.0 Å². The Labute approximate surface area is 311 Å². The number of sulfonamides is 1. The molecule has 0 saturated heterocycles. The molecule has 0 spiro atoms. The number of aryl methyl sites for hydroxylation is 1. The lowest BCUT2D eigenvalue weighted by atomic mass is 9.97. The molecule has 0 aliphatic carbocycles. The van der Waals surface area contributed by atoms with Crippen molar-refractivity contribution in [2.24, 2.45) is 0 Å². The first kappa shape index (κ1) is 39.1. The normalized spacial score (nSPS) is 12.0. The van der Waals surface area contributed by atoms with Crippen molar-refractivity contribution in [2.45, 2.75) is 71.4 Å². The maximum absolute atomic E-state index is 14.7. The minimum absolute atomic E-state index is 0.140. The van der Waals surface area contributed by atoms with Gasteiger partial charge in [0, 0.05) is 37.3 Å². The van der Waals surface area contributed by atoms with Crippen LogP contribution >= 0.6 is 11.5 Å². The van der Waals surface area contributed by atoms with E-state index in [0.717, 1.165) is 33.2 Å². The van der Waals surface area contributed by atoms with Gasteiger partial charge in [0.15, 0.2) is 5.82 Å². The SMILES string of the molecule is CCOCc1cc(Cn2c(OCC)nc3cccc(C(=O)OC)c32)ccc1-c1ccccc1S(=O)(=O)N(COCC[Si](C)(C)C)c1nsc(C)c1C. The van der Waals surface area contributed by atoms with Gasteiger partial charge in [0.1, 0.15) is 6.73 Å². The third-order valence-corrected chi connectivity index (χ3v) is 13.0. The van der Waals surface area contributed by atoms with Gasteiger partial charge in [0.05, 0.1) is 48.4 Å². The fourth-order valence-corrected chi connectivity index (χ4v) is 8.85. The fraction of sp³-hybridized carbons (Fsp3) is 0.395. The number of hydrogen-bond acceptors (Lipinski definition) is 10. The molecule has 52 heavy (non-hydrogen) atoms. The number of ether oxygens (including phenoxy) is 4. The summed E-state index contributed by atoms with van der Waals surface area (Å²) in [5, 5.41) is 0. The van der Waals surface area contributed by atoms with Gasteiger partial charge in [0.2, 0.25) is 0 Å². The molecule has 11 nitrogen and oxygen atoms in total. The molecule has 14 heteroatoms. The molecule has 5 rings (SSSR count). The number of benzene rings is 3. The van der Waals surface area contributed by atoms with Crippen LogP contribution in [0.4, 0.5) is 5.82 Å². The molecule has 0 atom stereocenters. The molecular formula is C38H48N4O7S2Si. The van der Waals surface area contributed by atoms with Crippen LogP contribution in [0.25, 0.3) is 22.2 Å². The van der Waals surface area contributed by atoms with Gasteiger partial charge in [-0.25, -0.2) is 17.5 Å². The average Bonchev–Trinajstić information content (AvgIpc) is 3.64. The van der Waals surface area contributed by atoms with Crippen LogP contribution < -0.4 is 9.04 Å². The molecule has 0 aliphatic heterocycles. The summed E-state index contributed by atoms with van der Waals surface area (Å²) < 4.78 is 60.2. The summed E-state index contributed by atoms with van der Waals surface area (Å²) >= 11 is 1.27. The summed E-state index contributed by atoms with van der Waals surface area (Å²) in [6, 6.07) is 19.5. The van der Waals surface area contributed by atoms with Crippen molar-refractivity contribution in [3.8, 4) is 17.1 Å². The standard InChI is InChI=1S/C38H48N4O7S2Si/c1-9-47-24-29-22-28(23-41-35-32(37(43)46-5)15-13-16-33(35)39-38(41)49-10-2)18-19-30(29)31-14-11-12-17-34(31)51(44,45)42(25-48-20-21-52(6,7)8)36-26(3)27(4)50-40-36/h11-19,22H,9-10,20-21,23-25H2,1-8H3. The number of hydrogen-bond donors (Lipinski definition) is 0. The van der Waals surface area contributed by atoms with E-state index < -0.39 is 24.1 Å². The molecule has 2 heterocycles. The van der Waals surface area contributed by atoms with E-state index in [4.69, 9.17) is 18.9 Å². The molecule has 0 saturated carbocycles. The van der Waals surface area contributed by atoms with Gasteiger partial charge in [-0.15, -0.1) is 0 Å². The van der Waals surface area contributed by atoms with Crippen LogP contribution in [0.5, 0.6) is 6.01 Å². The summed E-state index contributed by atoms with van der Waals surface area (Å²) in [6.45, 7) is 16.1. The van der Waals surface area contributed by atoms with Crippen molar-refractivity contribution in [3.05, 3.63) is 87.8 Å². The first-order valence-corrected chi connectivity index (χ1v) is 23.2. The number of carbonyl (C=O) groups excluding carboxylic acids is 1. The largest absolute Gasteiger partial charge is 0.465 e. The highest BCUT2D eigenvalue weighted by Gasteiger charge is 2.32. The Morgan fingerprint density at radius 1 is 0.962 bits per heavy atom. The number of rotatable bonds is 17. The van der Waals surface area contributed by atoms with E-state index in [9.17, 15) is 13.2 Å². The van der Waals surface area contributed by atoms with Gasteiger partial charge in [-0.3, -0.25) is 4.57 Å². The fourth-order valence-electron chi connectivity index (χ4n) is 5.79. The minimum Gasteiger partial charge on any atom is -0.465 e. The quantitative estimate of drug-likeness (QED) is 0.0401. The molecule has 278 valence electrons. The van der Waals surface area contributed by atoms with Crippen molar-refractivity contribution in [1.29, 1.82) is 0 Å². The second kappa shape index (κ2) is 16.7. The monoisotopic (exact) mass is 764 g/mol. The Morgan fingerprint density at radius 2 is 1.73 bits per heavy atom. The zero-order valence-corrected chi connectivity index (χ0v) is 33.8. The molecule has 0 fully saturated rings. The van der Waals surface area contributed by atoms with E-state index in [0.29, 0.717) is 60.4 Å². The third kappa shape index (κ3) is 8.58. The van der Waals surface area contributed by atoms with Crippen LogP contribution in [-0.4, -0.2) is 70.0 Å². The van der Waals surface area contributed by atoms with E-state index in [1.807, 2.05) is 68.7 Å². The Bertz CT molecular complexity index is 2140. The molecule has 0 bridgehead atoms. The topological polar surface area (TPSA) is 122 Å². The van der Waals surface area contributed by atoms with Crippen LogP contribution in [0.15, 0.2) is 65.6 Å². The minimum atomic E-state index is -4.15. The van der Waals surface area contributed by atoms with E-state index in [1.54, 1.807) is 24.3 Å². The van der Waals surface area contributed by atoms with Gasteiger partial charge in [-0.2, -0.15) is 9.36 Å². The third-order valence-electron chi connectivity index (χ3n) is 8.70. The van der Waals surface area contributed by atoms with Gasteiger partial charge < -0.3 is 18.9 Å². The number of carbonyl (C=O) groups is 1. The lowest BCUT2D eigenvalue weighted by molar-refractivity contribution is 0.0602. The van der Waals surface area contributed by atoms with Crippen LogP contribution in [-0.2, 0) is 37.4 Å². The molecule has 5 aromatic rings. The Morgan fingerprint density at radius 3 is 2.40 bits per heavy atom. The predicted molar refractivity (Wildman–Crippen MR) is 209 cm³/mol. The number of methoxy groups -OCH3 is 1. The summed E-state index contributed by atoms with van der Waals surface area (Å²) in [6.07, 6.45) is 0. The second-order valence-corrected chi connectivity index (χ2v) is 22.0. The average molecular weight is 765 g/mol. The zero-order valence-electron chi connectivity index (χ0n) is 31.2. The lowest BCUT2D eigenvalue weighted by Crippen LogP contribution is -2.35. The maximum atomic E-state index is 14.7. The predicted octanol–water partition coefficient (Wildman–Crippen LogP) is 8.05. The summed E-state index contributed by atoms with van der Waals surface area (Å²) in [4.78, 5) is 18.5. The van der Waals surface area contributed by atoms with Crippen LogP contribution in [0.2, 0.25) is 25.7 Å². The van der Waals surface area contributed by atoms with Gasteiger partial charge in [-0.1, -0.05) is 62.1 Å². The van der Waals surface area contributed by atoms with E-state index in [-0.39, 0.29) is 18.2 Å². The molecule has 3 aromatic carbocycles. The number of aromatic nitrogens is 3. The lowest BCUT2D eigenvalue weighted by Gasteiger charge is -2.25. The number of esters is 1. The molecular weight excluding hydrogens is 717 g/mol. The Hall–Kier alpha value is -4.08. The zero-order chi connectivity index (χ0) is 37.6. The number of fused-ring (bicyclic) bond motifs is 1. The highest BCUT2D eigenvalue weighted by molar-refractivity contribution is 7.93. The number of anilines is 1. The number of nitrogens with zero attached hydrogens (tertiary/aromatic N) is 4. The smallest absolute Gasteiger partial charge is 0.340 e. The molecule has 2 aromatic heterocycles. The van der Waals surface area contributed by atoms with Crippen LogP contribution in [0.3, 0.4) is 0 Å². The molecule has 0 N–H and O–H groups in total. The van der Waals surface area contributed by atoms with E-state index in [1.165, 1.54) is 22.9 Å². The van der Waals surface area contributed by atoms with Crippen molar-refractivity contribution >= 4 is 52.5 Å². The molecule has 0 amide bonds. The highest BCUT2D eigenvalue weighted by Crippen LogP contribution is 2.37. The molecule has 0 aliphatic rings. The Kier molecular flexibility index (Phi) is 12.6.